The van der Waals surface area contributed by atoms with Gasteiger partial charge in [0.1, 0.15) is 5.82 Å². The molecule has 2 rings (SSSR count). The van der Waals surface area contributed by atoms with Crippen LogP contribution in [0.1, 0.15) is 22.7 Å². The van der Waals surface area contributed by atoms with E-state index in [9.17, 15) is 4.39 Å². The third-order valence-electron chi connectivity index (χ3n) is 2.61. The predicted octanol–water partition coefficient (Wildman–Crippen LogP) is 3.42. The molecule has 0 saturated carbocycles. The van der Waals surface area contributed by atoms with Gasteiger partial charge in [0.15, 0.2) is 0 Å². The summed E-state index contributed by atoms with van der Waals surface area (Å²) >= 11 is 7.30. The molecule has 1 aromatic heterocycles. The molecule has 0 aliphatic heterocycles. The highest BCUT2D eigenvalue weighted by molar-refractivity contribution is 7.09. The number of benzene rings is 1. The summed E-state index contributed by atoms with van der Waals surface area (Å²) in [6.07, 6.45) is 2.29. The average molecular weight is 285 g/mol. The molecule has 0 aliphatic rings. The van der Waals surface area contributed by atoms with Gasteiger partial charge in [0, 0.05) is 11.8 Å². The van der Waals surface area contributed by atoms with E-state index < -0.39 is 0 Å². The van der Waals surface area contributed by atoms with E-state index >= 15 is 0 Å². The van der Waals surface area contributed by atoms with E-state index in [0.717, 1.165) is 23.5 Å². The lowest BCUT2D eigenvalue weighted by Crippen LogP contribution is -2.00. The molecule has 2 N–H and O–H groups in total. The molecule has 2 nitrogen and oxygen atoms in total. The normalized spacial score (nSPS) is 10.8. The maximum Gasteiger partial charge on any atom is 0.145 e. The van der Waals surface area contributed by atoms with Crippen LogP contribution in [0.15, 0.2) is 23.6 Å². The fourth-order valence-corrected chi connectivity index (χ4v) is 2.72. The van der Waals surface area contributed by atoms with Crippen molar-refractivity contribution in [3.05, 3.63) is 50.7 Å². The van der Waals surface area contributed by atoms with E-state index in [0.29, 0.717) is 18.5 Å². The number of hydrogen-bond donors (Lipinski definition) is 1. The summed E-state index contributed by atoms with van der Waals surface area (Å²) in [5, 5.41) is 3.07. The van der Waals surface area contributed by atoms with Gasteiger partial charge in [0.2, 0.25) is 0 Å². The maximum absolute atomic E-state index is 13.7. The molecule has 0 fully saturated rings. The lowest BCUT2D eigenvalue weighted by atomic mass is 10.1. The van der Waals surface area contributed by atoms with Crippen LogP contribution in [0.3, 0.4) is 0 Å². The number of nitrogens with zero attached hydrogens (tertiary/aromatic N) is 1. The molecule has 0 atom stereocenters. The zero-order valence-corrected chi connectivity index (χ0v) is 11.4. The molecule has 2 aromatic rings. The Hall–Kier alpha value is -0.970. The minimum Gasteiger partial charge on any atom is -0.330 e. The van der Waals surface area contributed by atoms with E-state index in [1.165, 1.54) is 0 Å². The Morgan fingerprint density at radius 2 is 2.22 bits per heavy atom. The van der Waals surface area contributed by atoms with Gasteiger partial charge >= 0.3 is 0 Å². The van der Waals surface area contributed by atoms with Crippen molar-refractivity contribution in [2.45, 2.75) is 19.3 Å². The van der Waals surface area contributed by atoms with E-state index in [-0.39, 0.29) is 10.8 Å². The summed E-state index contributed by atoms with van der Waals surface area (Å²) in [4.78, 5) is 4.47. The quantitative estimate of drug-likeness (QED) is 0.914. The monoisotopic (exact) mass is 284 g/mol. The Morgan fingerprint density at radius 1 is 1.39 bits per heavy atom. The Bertz CT molecular complexity index is 527. The molecule has 0 bridgehead atoms. The molecule has 0 spiro atoms. The standard InChI is InChI=1S/C13H14ClFN2S/c14-11-5-1-3-9(13(11)15)7-12-17-10(8-18-12)4-2-6-16/h1,3,5,8H,2,4,6-7,16H2. The van der Waals surface area contributed by atoms with Crippen LogP contribution in [0.4, 0.5) is 4.39 Å². The molecule has 1 heterocycles. The second-order valence-corrected chi connectivity index (χ2v) is 5.36. The van der Waals surface area contributed by atoms with Crippen molar-refractivity contribution in [2.75, 3.05) is 6.54 Å². The second kappa shape index (κ2) is 6.27. The largest absolute Gasteiger partial charge is 0.330 e. The molecule has 0 saturated heterocycles. The van der Waals surface area contributed by atoms with Gasteiger partial charge in [-0.1, -0.05) is 23.7 Å². The minimum atomic E-state index is -0.349. The first-order valence-corrected chi connectivity index (χ1v) is 7.02. The fourth-order valence-electron chi connectivity index (χ4n) is 1.68. The minimum absolute atomic E-state index is 0.160. The van der Waals surface area contributed by atoms with E-state index in [1.807, 2.05) is 5.38 Å². The number of aryl methyl sites for hydroxylation is 1. The van der Waals surface area contributed by atoms with Crippen LogP contribution in [-0.2, 0) is 12.8 Å². The number of halogens is 2. The molecule has 0 aliphatic carbocycles. The van der Waals surface area contributed by atoms with E-state index in [4.69, 9.17) is 17.3 Å². The summed E-state index contributed by atoms with van der Waals surface area (Å²) < 4.78 is 13.7. The summed E-state index contributed by atoms with van der Waals surface area (Å²) in [5.41, 5.74) is 7.07. The first-order valence-electron chi connectivity index (χ1n) is 5.77. The number of thiazole rings is 1. The van der Waals surface area contributed by atoms with Gasteiger partial charge in [-0.15, -0.1) is 11.3 Å². The van der Waals surface area contributed by atoms with Crippen LogP contribution in [0.5, 0.6) is 0 Å². The molecular weight excluding hydrogens is 271 g/mol. The zero-order chi connectivity index (χ0) is 13.0. The van der Waals surface area contributed by atoms with Gasteiger partial charge in [0.25, 0.3) is 0 Å². The van der Waals surface area contributed by atoms with Crippen LogP contribution < -0.4 is 5.73 Å². The van der Waals surface area contributed by atoms with Crippen molar-refractivity contribution in [1.82, 2.24) is 4.98 Å². The highest BCUT2D eigenvalue weighted by Crippen LogP contribution is 2.22. The summed E-state index contributed by atoms with van der Waals surface area (Å²) in [6, 6.07) is 5.04. The van der Waals surface area contributed by atoms with E-state index in [2.05, 4.69) is 4.98 Å². The van der Waals surface area contributed by atoms with Crippen molar-refractivity contribution >= 4 is 22.9 Å². The Labute approximate surface area is 115 Å². The Kier molecular flexibility index (Phi) is 4.69. The van der Waals surface area contributed by atoms with Gasteiger partial charge in [-0.05, 0) is 31.0 Å². The lowest BCUT2D eigenvalue weighted by molar-refractivity contribution is 0.614. The van der Waals surface area contributed by atoms with Crippen LogP contribution in [0, 0.1) is 5.82 Å². The Balaban J connectivity index is 2.09. The fraction of sp³-hybridized carbons (Fsp3) is 0.308. The highest BCUT2D eigenvalue weighted by Gasteiger charge is 2.09. The molecule has 0 radical (unpaired) electrons. The van der Waals surface area contributed by atoms with E-state index in [1.54, 1.807) is 29.5 Å². The summed E-state index contributed by atoms with van der Waals surface area (Å²) in [5.74, 6) is -0.349. The molecular formula is C13H14ClFN2S. The van der Waals surface area contributed by atoms with Crippen molar-refractivity contribution < 1.29 is 4.39 Å². The summed E-state index contributed by atoms with van der Waals surface area (Å²) in [6.45, 7) is 0.662. The lowest BCUT2D eigenvalue weighted by Gasteiger charge is -2.01. The van der Waals surface area contributed by atoms with Crippen molar-refractivity contribution in [3.63, 3.8) is 0 Å². The highest BCUT2D eigenvalue weighted by atomic mass is 35.5. The molecule has 0 unspecified atom stereocenters. The number of hydrogen-bond acceptors (Lipinski definition) is 3. The van der Waals surface area contributed by atoms with Gasteiger partial charge in [-0.2, -0.15) is 0 Å². The van der Waals surface area contributed by atoms with Crippen LogP contribution in [0.2, 0.25) is 5.02 Å². The predicted molar refractivity (Wildman–Crippen MR) is 73.7 cm³/mol. The summed E-state index contributed by atoms with van der Waals surface area (Å²) in [7, 11) is 0. The molecule has 0 amide bonds. The van der Waals surface area contributed by atoms with Crippen LogP contribution in [0.25, 0.3) is 0 Å². The van der Waals surface area contributed by atoms with Gasteiger partial charge in [-0.25, -0.2) is 9.37 Å². The maximum atomic E-state index is 13.7. The third kappa shape index (κ3) is 3.28. The molecule has 1 aromatic carbocycles. The number of nitrogens with two attached hydrogens (primary N) is 1. The molecule has 18 heavy (non-hydrogen) atoms. The third-order valence-corrected chi connectivity index (χ3v) is 3.80. The first-order chi connectivity index (χ1) is 8.70. The molecule has 96 valence electrons. The average Bonchev–Trinajstić information content (AvgIpc) is 2.80. The Morgan fingerprint density at radius 3 is 3.00 bits per heavy atom. The number of rotatable bonds is 5. The van der Waals surface area contributed by atoms with Crippen molar-refractivity contribution in [1.29, 1.82) is 0 Å². The van der Waals surface area contributed by atoms with Gasteiger partial charge in [-0.3, -0.25) is 0 Å². The van der Waals surface area contributed by atoms with Crippen LogP contribution in [-0.4, -0.2) is 11.5 Å². The topological polar surface area (TPSA) is 38.9 Å². The second-order valence-electron chi connectivity index (χ2n) is 4.01. The van der Waals surface area contributed by atoms with Crippen molar-refractivity contribution in [3.8, 4) is 0 Å². The molecule has 5 heteroatoms. The van der Waals surface area contributed by atoms with Gasteiger partial charge in [0.05, 0.1) is 15.7 Å². The van der Waals surface area contributed by atoms with Crippen LogP contribution >= 0.6 is 22.9 Å². The smallest absolute Gasteiger partial charge is 0.145 e. The number of aromatic nitrogens is 1. The van der Waals surface area contributed by atoms with Crippen molar-refractivity contribution in [2.24, 2.45) is 5.73 Å². The zero-order valence-electron chi connectivity index (χ0n) is 9.83. The van der Waals surface area contributed by atoms with Gasteiger partial charge < -0.3 is 5.73 Å². The SMILES string of the molecule is NCCCc1csc(Cc2cccc(Cl)c2F)n1. The first kappa shape index (κ1) is 13.5.